The van der Waals surface area contributed by atoms with E-state index >= 15 is 0 Å². The molecule has 1 atom stereocenters. The highest BCUT2D eigenvalue weighted by Gasteiger charge is 2.24. The van der Waals surface area contributed by atoms with Gasteiger partial charge in [0.1, 0.15) is 5.69 Å². The number of hydrogen-bond donors (Lipinski definition) is 3. The van der Waals surface area contributed by atoms with Crippen LogP contribution >= 0.6 is 0 Å². The lowest BCUT2D eigenvalue weighted by Gasteiger charge is -2.13. The van der Waals surface area contributed by atoms with E-state index in [1.165, 1.54) is 6.92 Å². The Kier molecular flexibility index (Phi) is 5.22. The number of benzene rings is 1. The maximum absolute atomic E-state index is 12.1. The SMILES string of the molecule is CCNC(=O)C(C)NS(=O)(=O)c1ccc(N)c([N+](=O)[O-])c1. The normalized spacial score (nSPS) is 12.7. The highest BCUT2D eigenvalue weighted by atomic mass is 32.2. The summed E-state index contributed by atoms with van der Waals surface area (Å²) in [5.74, 6) is -0.494. The number of nitro benzene ring substituents is 1. The molecule has 0 spiro atoms. The van der Waals surface area contributed by atoms with Crippen LogP contribution in [0.1, 0.15) is 13.8 Å². The topological polar surface area (TPSA) is 144 Å². The van der Waals surface area contributed by atoms with E-state index in [9.17, 15) is 23.3 Å². The van der Waals surface area contributed by atoms with Crippen molar-refractivity contribution in [2.75, 3.05) is 12.3 Å². The van der Waals surface area contributed by atoms with E-state index in [1.807, 2.05) is 0 Å². The quantitative estimate of drug-likeness (QED) is 0.382. The molecule has 0 heterocycles. The van der Waals surface area contributed by atoms with Gasteiger partial charge in [0, 0.05) is 12.6 Å². The fraction of sp³-hybridized carbons (Fsp3) is 0.364. The Morgan fingerprint density at radius 2 is 2.10 bits per heavy atom. The van der Waals surface area contributed by atoms with Crippen LogP contribution in [0.2, 0.25) is 0 Å². The number of carbonyl (C=O) groups is 1. The number of rotatable bonds is 6. The second kappa shape index (κ2) is 6.50. The summed E-state index contributed by atoms with van der Waals surface area (Å²) in [7, 11) is -4.07. The van der Waals surface area contributed by atoms with Gasteiger partial charge in [-0.3, -0.25) is 14.9 Å². The van der Waals surface area contributed by atoms with Crippen LogP contribution in [0.25, 0.3) is 0 Å². The Bertz CT molecular complexity index is 659. The van der Waals surface area contributed by atoms with E-state index in [1.54, 1.807) is 6.92 Å². The van der Waals surface area contributed by atoms with Crippen LogP contribution in [0.4, 0.5) is 11.4 Å². The largest absolute Gasteiger partial charge is 0.393 e. The number of amides is 1. The van der Waals surface area contributed by atoms with Crippen LogP contribution in [0.3, 0.4) is 0 Å². The molecule has 1 aromatic carbocycles. The van der Waals surface area contributed by atoms with Gasteiger partial charge in [-0.2, -0.15) is 4.72 Å². The van der Waals surface area contributed by atoms with Gasteiger partial charge in [0.25, 0.3) is 5.69 Å². The summed E-state index contributed by atoms with van der Waals surface area (Å²) in [5.41, 5.74) is 4.75. The lowest BCUT2D eigenvalue weighted by molar-refractivity contribution is -0.384. The Balaban J connectivity index is 3.06. The average molecular weight is 316 g/mol. The molecule has 1 unspecified atom stereocenters. The molecule has 0 aliphatic carbocycles. The van der Waals surface area contributed by atoms with Crippen molar-refractivity contribution >= 4 is 27.3 Å². The first-order valence-electron chi connectivity index (χ1n) is 6.03. The number of anilines is 1. The summed E-state index contributed by atoms with van der Waals surface area (Å²) >= 11 is 0. The maximum atomic E-state index is 12.1. The number of nitrogens with two attached hydrogens (primary N) is 1. The molecule has 0 bridgehead atoms. The molecule has 4 N–H and O–H groups in total. The molecule has 0 aliphatic rings. The van der Waals surface area contributed by atoms with Crippen molar-refractivity contribution in [1.82, 2.24) is 10.0 Å². The van der Waals surface area contributed by atoms with Gasteiger partial charge in [-0.1, -0.05) is 0 Å². The van der Waals surface area contributed by atoms with Crippen LogP contribution in [0, 0.1) is 10.1 Å². The predicted molar refractivity (Wildman–Crippen MR) is 76.0 cm³/mol. The Labute approximate surface area is 121 Å². The van der Waals surface area contributed by atoms with E-state index < -0.39 is 32.6 Å². The van der Waals surface area contributed by atoms with Gasteiger partial charge < -0.3 is 11.1 Å². The highest BCUT2D eigenvalue weighted by molar-refractivity contribution is 7.89. The number of sulfonamides is 1. The molecule has 9 nitrogen and oxygen atoms in total. The Morgan fingerprint density at radius 1 is 1.48 bits per heavy atom. The molecule has 10 heteroatoms. The Hall–Kier alpha value is -2.20. The van der Waals surface area contributed by atoms with Crippen molar-refractivity contribution in [3.8, 4) is 0 Å². The van der Waals surface area contributed by atoms with Crippen LogP contribution < -0.4 is 15.8 Å². The molecule has 0 radical (unpaired) electrons. The number of hydrogen-bond acceptors (Lipinski definition) is 6. The van der Waals surface area contributed by atoms with Crippen molar-refractivity contribution in [3.05, 3.63) is 28.3 Å². The number of likely N-dealkylation sites (N-methyl/N-ethyl adjacent to an activating group) is 1. The van der Waals surface area contributed by atoms with Crippen molar-refractivity contribution in [1.29, 1.82) is 0 Å². The molecule has 0 fully saturated rings. The summed E-state index contributed by atoms with van der Waals surface area (Å²) in [6.45, 7) is 3.43. The summed E-state index contributed by atoms with van der Waals surface area (Å²) in [4.78, 5) is 21.2. The van der Waals surface area contributed by atoms with E-state index in [0.29, 0.717) is 6.54 Å². The molecule has 0 saturated heterocycles. The van der Waals surface area contributed by atoms with Crippen molar-refractivity contribution < 1.29 is 18.1 Å². The first kappa shape index (κ1) is 16.9. The van der Waals surface area contributed by atoms with Crippen LogP contribution in [0.15, 0.2) is 23.1 Å². The Morgan fingerprint density at radius 3 is 2.62 bits per heavy atom. The number of carbonyl (C=O) groups excluding carboxylic acids is 1. The fourth-order valence-corrected chi connectivity index (χ4v) is 2.75. The van der Waals surface area contributed by atoms with Gasteiger partial charge in [-0.05, 0) is 26.0 Å². The lowest BCUT2D eigenvalue weighted by Crippen LogP contribution is -2.44. The van der Waals surface area contributed by atoms with Crippen molar-refractivity contribution in [2.24, 2.45) is 0 Å². The summed E-state index contributed by atoms with van der Waals surface area (Å²) < 4.78 is 26.3. The van der Waals surface area contributed by atoms with Crippen LogP contribution in [-0.4, -0.2) is 31.8 Å². The third-order valence-electron chi connectivity index (χ3n) is 2.59. The third kappa shape index (κ3) is 4.13. The number of nitrogens with one attached hydrogen (secondary N) is 2. The summed E-state index contributed by atoms with van der Waals surface area (Å²) in [6, 6.07) is 2.10. The molecule has 116 valence electrons. The third-order valence-corrected chi connectivity index (χ3v) is 4.12. The molecule has 1 aromatic rings. The van der Waals surface area contributed by atoms with E-state index in [0.717, 1.165) is 18.2 Å². The molecule has 0 aromatic heterocycles. The summed E-state index contributed by atoms with van der Waals surface area (Å²) in [5, 5.41) is 13.2. The van der Waals surface area contributed by atoms with Gasteiger partial charge in [0.05, 0.1) is 15.9 Å². The predicted octanol–water partition coefficient (Wildman–Crippen LogP) is -0.0201. The minimum atomic E-state index is -4.07. The van der Waals surface area contributed by atoms with E-state index in [2.05, 4.69) is 10.0 Å². The fourth-order valence-electron chi connectivity index (χ4n) is 1.53. The number of nitro groups is 1. The van der Waals surface area contributed by atoms with Crippen molar-refractivity contribution in [3.63, 3.8) is 0 Å². The average Bonchev–Trinajstić information content (AvgIpc) is 2.38. The molecule has 21 heavy (non-hydrogen) atoms. The molecule has 0 aliphatic heterocycles. The van der Waals surface area contributed by atoms with Crippen molar-refractivity contribution in [2.45, 2.75) is 24.8 Å². The zero-order chi connectivity index (χ0) is 16.2. The molecular weight excluding hydrogens is 300 g/mol. The van der Waals surface area contributed by atoms with Gasteiger partial charge in [0.2, 0.25) is 15.9 Å². The number of nitrogens with zero attached hydrogens (tertiary/aromatic N) is 1. The standard InChI is InChI=1S/C11H16N4O5S/c1-3-13-11(16)7(2)14-21(19,20)8-4-5-9(12)10(6-8)15(17)18/h4-7,14H,3,12H2,1-2H3,(H,13,16). The molecule has 1 amide bonds. The first-order valence-corrected chi connectivity index (χ1v) is 7.51. The summed E-state index contributed by atoms with van der Waals surface area (Å²) in [6.07, 6.45) is 0. The molecular formula is C11H16N4O5S. The first-order chi connectivity index (χ1) is 9.69. The highest BCUT2D eigenvalue weighted by Crippen LogP contribution is 2.24. The van der Waals surface area contributed by atoms with Gasteiger partial charge in [-0.15, -0.1) is 0 Å². The lowest BCUT2D eigenvalue weighted by atomic mass is 10.3. The second-order valence-corrected chi connectivity index (χ2v) is 5.93. The molecule has 0 saturated carbocycles. The van der Waals surface area contributed by atoms with Crippen LogP contribution in [-0.2, 0) is 14.8 Å². The zero-order valence-corrected chi connectivity index (χ0v) is 12.3. The van der Waals surface area contributed by atoms with Gasteiger partial charge in [0.15, 0.2) is 0 Å². The smallest absolute Gasteiger partial charge is 0.293 e. The monoisotopic (exact) mass is 316 g/mol. The molecule has 1 rings (SSSR count). The van der Waals surface area contributed by atoms with E-state index in [4.69, 9.17) is 5.73 Å². The minimum Gasteiger partial charge on any atom is -0.393 e. The second-order valence-electron chi connectivity index (χ2n) is 4.22. The van der Waals surface area contributed by atoms with Gasteiger partial charge >= 0.3 is 0 Å². The maximum Gasteiger partial charge on any atom is 0.293 e. The minimum absolute atomic E-state index is 0.143. The number of nitrogen functional groups attached to an aromatic ring is 1. The zero-order valence-electron chi connectivity index (χ0n) is 11.5. The van der Waals surface area contributed by atoms with Crippen LogP contribution in [0.5, 0.6) is 0 Å². The van der Waals surface area contributed by atoms with E-state index in [-0.39, 0.29) is 10.6 Å². The van der Waals surface area contributed by atoms with Gasteiger partial charge in [-0.25, -0.2) is 8.42 Å².